The van der Waals surface area contributed by atoms with E-state index in [-0.39, 0.29) is 39.3 Å². The highest BCUT2D eigenvalue weighted by Gasteiger charge is 2.55. The van der Waals surface area contributed by atoms with Crippen molar-refractivity contribution in [2.75, 3.05) is 26.4 Å². The number of hydrogen-bond donors (Lipinski definition) is 2. The summed E-state index contributed by atoms with van der Waals surface area (Å²) in [7, 11) is 0. The molecule has 0 saturated heterocycles. The lowest BCUT2D eigenvalue weighted by atomic mass is 9.91. The molecule has 0 atom stereocenters. The van der Waals surface area contributed by atoms with Crippen molar-refractivity contribution in [3.63, 3.8) is 0 Å². The third-order valence-electron chi connectivity index (χ3n) is 5.37. The Morgan fingerprint density at radius 3 is 1.34 bits per heavy atom. The number of aromatic amines is 2. The highest BCUT2D eigenvalue weighted by Crippen LogP contribution is 2.33. The van der Waals surface area contributed by atoms with Gasteiger partial charge in [-0.15, -0.1) is 0 Å². The van der Waals surface area contributed by atoms with Gasteiger partial charge in [0.25, 0.3) is 5.78 Å². The molecule has 0 bridgehead atoms. The van der Waals surface area contributed by atoms with Gasteiger partial charge in [-0.05, 0) is 51.7 Å². The molecule has 0 aliphatic rings. The number of ketones is 1. The van der Waals surface area contributed by atoms with E-state index in [0.717, 1.165) is 35.4 Å². The molecule has 0 aliphatic heterocycles. The first-order valence-electron chi connectivity index (χ1n) is 11.6. The van der Waals surface area contributed by atoms with E-state index in [9.17, 15) is 4.79 Å². The number of aryl methyl sites for hydroxylation is 2. The third-order valence-corrected chi connectivity index (χ3v) is 5.37. The van der Waals surface area contributed by atoms with Crippen molar-refractivity contribution in [3.8, 4) is 0 Å². The molecule has 0 fully saturated rings. The molecular weight excluding hydrogens is 412 g/mol. The average Bonchev–Trinajstić information content (AvgIpc) is 3.42. The van der Waals surface area contributed by atoms with Crippen LogP contribution in [0.3, 0.4) is 0 Å². The van der Waals surface area contributed by atoms with Gasteiger partial charge in [-0.3, -0.25) is 15.0 Å². The van der Waals surface area contributed by atoms with Crippen LogP contribution in [0.2, 0.25) is 0 Å². The Balaban J connectivity index is 2.58. The van der Waals surface area contributed by atoms with E-state index in [2.05, 4.69) is 20.4 Å². The predicted octanol–water partition coefficient (Wildman–Crippen LogP) is 3.15. The number of Topliss-reactive ketones (excluding diaryl/α,β-unsaturated/α-hetero) is 1. The quantitative estimate of drug-likeness (QED) is 0.378. The molecule has 0 saturated carbocycles. The van der Waals surface area contributed by atoms with Crippen molar-refractivity contribution in [1.29, 1.82) is 0 Å². The van der Waals surface area contributed by atoms with Gasteiger partial charge in [0.1, 0.15) is 0 Å². The SMILES string of the molecule is CCOC(Cc1cn[nH]c1CC)(OCC)C(=O)C(Cc1cn[nH]c1CC)(OCC)OCC. The van der Waals surface area contributed by atoms with E-state index < -0.39 is 17.4 Å². The lowest BCUT2D eigenvalue weighted by molar-refractivity contribution is -0.276. The van der Waals surface area contributed by atoms with Crippen LogP contribution >= 0.6 is 0 Å². The summed E-state index contributed by atoms with van der Waals surface area (Å²) >= 11 is 0. The fourth-order valence-electron chi connectivity index (χ4n) is 4.03. The summed E-state index contributed by atoms with van der Waals surface area (Å²) in [5, 5.41) is 14.3. The highest BCUT2D eigenvalue weighted by molar-refractivity contribution is 5.93. The molecule has 2 aromatic heterocycles. The van der Waals surface area contributed by atoms with E-state index in [1.807, 2.05) is 41.5 Å². The molecule has 0 amide bonds. The average molecular weight is 451 g/mol. The van der Waals surface area contributed by atoms with Gasteiger partial charge in [-0.1, -0.05) is 13.8 Å². The van der Waals surface area contributed by atoms with Crippen LogP contribution in [0.5, 0.6) is 0 Å². The summed E-state index contributed by atoms with van der Waals surface area (Å²) in [5.41, 5.74) is 3.59. The minimum Gasteiger partial charge on any atom is -0.343 e. The zero-order valence-corrected chi connectivity index (χ0v) is 20.2. The maximum Gasteiger partial charge on any atom is 0.251 e. The van der Waals surface area contributed by atoms with Crippen LogP contribution in [0.25, 0.3) is 0 Å². The topological polar surface area (TPSA) is 111 Å². The molecule has 32 heavy (non-hydrogen) atoms. The molecule has 0 radical (unpaired) electrons. The van der Waals surface area contributed by atoms with Crippen LogP contribution in [-0.2, 0) is 49.4 Å². The standard InChI is InChI=1S/C23H38N4O5/c1-7-19-17(15-24-26-19)13-22(29-9-3,30-10-4)21(28)23(31-11-5,32-12-6)14-18-16-25-27-20(18)8-2/h15-16H,7-14H2,1-6H3,(H,24,26)(H,25,27). The van der Waals surface area contributed by atoms with Gasteiger partial charge in [-0.2, -0.15) is 10.2 Å². The molecule has 0 unspecified atom stereocenters. The Hall–Kier alpha value is -2.07. The Kier molecular flexibility index (Phi) is 10.0. The van der Waals surface area contributed by atoms with Crippen LogP contribution < -0.4 is 0 Å². The fourth-order valence-corrected chi connectivity index (χ4v) is 4.03. The van der Waals surface area contributed by atoms with E-state index >= 15 is 0 Å². The van der Waals surface area contributed by atoms with Crippen molar-refractivity contribution in [2.24, 2.45) is 0 Å². The zero-order valence-electron chi connectivity index (χ0n) is 20.2. The number of rotatable bonds is 16. The van der Waals surface area contributed by atoms with Gasteiger partial charge >= 0.3 is 0 Å². The van der Waals surface area contributed by atoms with E-state index in [0.29, 0.717) is 0 Å². The number of H-pyrrole nitrogens is 2. The van der Waals surface area contributed by atoms with Gasteiger partial charge < -0.3 is 18.9 Å². The first-order chi connectivity index (χ1) is 15.5. The van der Waals surface area contributed by atoms with Crippen molar-refractivity contribution in [1.82, 2.24) is 20.4 Å². The number of nitrogens with zero attached hydrogens (tertiary/aromatic N) is 2. The van der Waals surface area contributed by atoms with E-state index in [4.69, 9.17) is 18.9 Å². The Morgan fingerprint density at radius 1 is 0.719 bits per heavy atom. The van der Waals surface area contributed by atoms with Crippen LogP contribution in [0.15, 0.2) is 12.4 Å². The smallest absolute Gasteiger partial charge is 0.251 e. The first-order valence-corrected chi connectivity index (χ1v) is 11.6. The van der Waals surface area contributed by atoms with E-state index in [1.165, 1.54) is 0 Å². The minimum absolute atomic E-state index is 0.196. The number of carbonyl (C=O) groups is 1. The molecule has 0 aromatic carbocycles. The molecule has 9 heteroatoms. The molecule has 0 aliphatic carbocycles. The van der Waals surface area contributed by atoms with Crippen LogP contribution in [0, 0.1) is 0 Å². The monoisotopic (exact) mass is 450 g/mol. The maximum absolute atomic E-state index is 14.3. The largest absolute Gasteiger partial charge is 0.343 e. The zero-order chi connectivity index (χ0) is 23.6. The number of nitrogens with one attached hydrogen (secondary N) is 2. The number of hydrogen-bond acceptors (Lipinski definition) is 7. The Morgan fingerprint density at radius 2 is 1.06 bits per heavy atom. The Labute approximate surface area is 190 Å². The molecule has 9 nitrogen and oxygen atoms in total. The lowest BCUT2D eigenvalue weighted by Crippen LogP contribution is -2.60. The van der Waals surface area contributed by atoms with Crippen LogP contribution in [0.4, 0.5) is 0 Å². The lowest BCUT2D eigenvalue weighted by Gasteiger charge is -2.40. The molecule has 2 aromatic rings. The maximum atomic E-state index is 14.3. The predicted molar refractivity (Wildman–Crippen MR) is 120 cm³/mol. The van der Waals surface area contributed by atoms with Crippen molar-refractivity contribution in [3.05, 3.63) is 34.9 Å². The van der Waals surface area contributed by atoms with Gasteiger partial charge in [0.05, 0.1) is 12.4 Å². The van der Waals surface area contributed by atoms with Crippen molar-refractivity contribution < 1.29 is 23.7 Å². The molecular formula is C23H38N4O5. The summed E-state index contributed by atoms with van der Waals surface area (Å²) in [4.78, 5) is 14.3. The minimum atomic E-state index is -1.59. The number of aromatic nitrogens is 4. The number of ether oxygens (including phenoxy) is 4. The Bertz CT molecular complexity index is 754. The van der Waals surface area contributed by atoms with Crippen molar-refractivity contribution in [2.45, 2.75) is 78.8 Å². The summed E-state index contributed by atoms with van der Waals surface area (Å²) < 4.78 is 24.3. The van der Waals surface area contributed by atoms with Crippen LogP contribution in [-0.4, -0.2) is 64.2 Å². The third kappa shape index (κ3) is 5.64. The molecule has 2 N–H and O–H groups in total. The molecule has 180 valence electrons. The van der Waals surface area contributed by atoms with E-state index in [1.54, 1.807) is 12.4 Å². The second kappa shape index (κ2) is 12.2. The number of carbonyl (C=O) groups excluding carboxylic acids is 1. The van der Waals surface area contributed by atoms with Crippen molar-refractivity contribution >= 4 is 5.78 Å². The second-order valence-electron chi connectivity index (χ2n) is 7.38. The fraction of sp³-hybridized carbons (Fsp3) is 0.696. The summed E-state index contributed by atoms with van der Waals surface area (Å²) in [6.07, 6.45) is 5.31. The molecule has 2 rings (SSSR count). The molecule has 2 heterocycles. The summed E-state index contributed by atoms with van der Waals surface area (Å²) in [6, 6.07) is 0. The van der Waals surface area contributed by atoms with Gasteiger partial charge in [0.2, 0.25) is 11.6 Å². The highest BCUT2D eigenvalue weighted by atomic mass is 16.7. The second-order valence-corrected chi connectivity index (χ2v) is 7.38. The summed E-state index contributed by atoms with van der Waals surface area (Å²) in [5.74, 6) is -3.57. The van der Waals surface area contributed by atoms with Gasteiger partial charge in [-0.25, -0.2) is 0 Å². The molecule has 0 spiro atoms. The van der Waals surface area contributed by atoms with Gasteiger partial charge in [0, 0.05) is 50.7 Å². The van der Waals surface area contributed by atoms with Crippen LogP contribution in [0.1, 0.15) is 64.1 Å². The first kappa shape index (κ1) is 26.2. The normalized spacial score (nSPS) is 12.4. The van der Waals surface area contributed by atoms with Gasteiger partial charge in [0.15, 0.2) is 0 Å². The summed E-state index contributed by atoms with van der Waals surface area (Å²) in [6.45, 7) is 12.5.